The molecule has 0 fully saturated rings. The van der Waals surface area contributed by atoms with Crippen LogP contribution in [-0.4, -0.2) is 30.5 Å². The highest BCUT2D eigenvalue weighted by Crippen LogP contribution is 2.16. The molecule has 1 aromatic carbocycles. The standard InChI is InChI=1S/C15H23N3O3/c1-15(2,3)18-13(19)9-17-14(20)10-21-12-7-5-4-6-11(12)8-16/h4-7H,8-10,16H2,1-3H3,(H,17,20)(H,18,19). The Hall–Kier alpha value is -2.08. The molecule has 1 rings (SSSR count). The summed E-state index contributed by atoms with van der Waals surface area (Å²) >= 11 is 0. The van der Waals surface area contributed by atoms with E-state index in [4.69, 9.17) is 10.5 Å². The van der Waals surface area contributed by atoms with Crippen LogP contribution in [0.15, 0.2) is 24.3 Å². The molecule has 0 unspecified atom stereocenters. The van der Waals surface area contributed by atoms with Crippen molar-refractivity contribution in [3.8, 4) is 5.75 Å². The maximum atomic E-state index is 11.6. The van der Waals surface area contributed by atoms with E-state index in [9.17, 15) is 9.59 Å². The molecule has 21 heavy (non-hydrogen) atoms. The van der Waals surface area contributed by atoms with Crippen molar-refractivity contribution in [3.05, 3.63) is 29.8 Å². The van der Waals surface area contributed by atoms with E-state index in [0.29, 0.717) is 12.3 Å². The molecule has 6 nitrogen and oxygen atoms in total. The van der Waals surface area contributed by atoms with E-state index in [1.807, 2.05) is 39.0 Å². The van der Waals surface area contributed by atoms with Crippen molar-refractivity contribution in [2.24, 2.45) is 5.73 Å². The first kappa shape index (κ1) is 17.0. The summed E-state index contributed by atoms with van der Waals surface area (Å²) in [4.78, 5) is 23.2. The van der Waals surface area contributed by atoms with Gasteiger partial charge in [0, 0.05) is 17.6 Å². The van der Waals surface area contributed by atoms with Crippen molar-refractivity contribution in [2.75, 3.05) is 13.2 Å². The van der Waals surface area contributed by atoms with Crippen LogP contribution in [0.5, 0.6) is 5.75 Å². The Morgan fingerprint density at radius 2 is 1.86 bits per heavy atom. The van der Waals surface area contributed by atoms with Gasteiger partial charge in [-0.25, -0.2) is 0 Å². The lowest BCUT2D eigenvalue weighted by molar-refractivity contribution is -0.127. The normalized spacial score (nSPS) is 10.9. The van der Waals surface area contributed by atoms with E-state index in [0.717, 1.165) is 5.56 Å². The van der Waals surface area contributed by atoms with E-state index in [2.05, 4.69) is 10.6 Å². The molecule has 0 aliphatic heterocycles. The molecule has 0 radical (unpaired) electrons. The SMILES string of the molecule is CC(C)(C)NC(=O)CNC(=O)COc1ccccc1CN. The number of nitrogens with two attached hydrogens (primary N) is 1. The van der Waals surface area contributed by atoms with E-state index in [-0.39, 0.29) is 30.5 Å². The first-order chi connectivity index (χ1) is 9.81. The predicted octanol–water partition coefficient (Wildman–Crippen LogP) is 0.555. The smallest absolute Gasteiger partial charge is 0.258 e. The van der Waals surface area contributed by atoms with Crippen LogP contribution in [0.4, 0.5) is 0 Å². The largest absolute Gasteiger partial charge is 0.483 e. The summed E-state index contributed by atoms with van der Waals surface area (Å²) in [6.07, 6.45) is 0. The summed E-state index contributed by atoms with van der Waals surface area (Å²) in [5.41, 5.74) is 6.09. The Morgan fingerprint density at radius 3 is 2.48 bits per heavy atom. The number of hydrogen-bond donors (Lipinski definition) is 3. The van der Waals surface area contributed by atoms with Crippen molar-refractivity contribution in [1.82, 2.24) is 10.6 Å². The lowest BCUT2D eigenvalue weighted by Crippen LogP contribution is -2.46. The fraction of sp³-hybridized carbons (Fsp3) is 0.467. The van der Waals surface area contributed by atoms with Crippen LogP contribution in [0.3, 0.4) is 0 Å². The topological polar surface area (TPSA) is 93.5 Å². The number of amides is 2. The molecule has 0 aliphatic rings. The minimum Gasteiger partial charge on any atom is -0.483 e. The number of para-hydroxylation sites is 1. The summed E-state index contributed by atoms with van der Waals surface area (Å²) in [7, 11) is 0. The molecule has 0 aliphatic carbocycles. The third-order valence-electron chi connectivity index (χ3n) is 2.51. The van der Waals surface area contributed by atoms with Crippen LogP contribution in [0.1, 0.15) is 26.3 Å². The fourth-order valence-electron chi connectivity index (χ4n) is 1.65. The van der Waals surface area contributed by atoms with E-state index in [1.54, 1.807) is 6.07 Å². The van der Waals surface area contributed by atoms with Crippen LogP contribution in [0, 0.1) is 0 Å². The number of ether oxygens (including phenoxy) is 1. The fourth-order valence-corrected chi connectivity index (χ4v) is 1.65. The number of hydrogen-bond acceptors (Lipinski definition) is 4. The number of carbonyl (C=O) groups is 2. The van der Waals surface area contributed by atoms with Gasteiger partial charge in [0.05, 0.1) is 6.54 Å². The highest BCUT2D eigenvalue weighted by atomic mass is 16.5. The number of carbonyl (C=O) groups excluding carboxylic acids is 2. The average Bonchev–Trinajstić information content (AvgIpc) is 2.41. The number of benzene rings is 1. The second-order valence-electron chi connectivity index (χ2n) is 5.68. The van der Waals surface area contributed by atoms with Gasteiger partial charge in [-0.1, -0.05) is 18.2 Å². The van der Waals surface area contributed by atoms with Gasteiger partial charge in [-0.15, -0.1) is 0 Å². The molecule has 0 bridgehead atoms. The Morgan fingerprint density at radius 1 is 1.19 bits per heavy atom. The Labute approximate surface area is 125 Å². The van der Waals surface area contributed by atoms with Crippen LogP contribution in [0.25, 0.3) is 0 Å². The van der Waals surface area contributed by atoms with Crippen molar-refractivity contribution in [3.63, 3.8) is 0 Å². The minimum atomic E-state index is -0.356. The lowest BCUT2D eigenvalue weighted by atomic mass is 10.1. The van der Waals surface area contributed by atoms with Crippen molar-refractivity contribution in [1.29, 1.82) is 0 Å². The molecule has 6 heteroatoms. The summed E-state index contributed by atoms with van der Waals surface area (Å²) in [6.45, 7) is 5.74. The molecular formula is C15H23N3O3. The van der Waals surface area contributed by atoms with Crippen LogP contribution >= 0.6 is 0 Å². The average molecular weight is 293 g/mol. The zero-order valence-corrected chi connectivity index (χ0v) is 12.7. The maximum absolute atomic E-state index is 11.6. The summed E-state index contributed by atoms with van der Waals surface area (Å²) in [6, 6.07) is 7.25. The second-order valence-corrected chi connectivity index (χ2v) is 5.68. The van der Waals surface area contributed by atoms with Gasteiger partial charge >= 0.3 is 0 Å². The molecule has 0 spiro atoms. The van der Waals surface area contributed by atoms with Crippen molar-refractivity contribution < 1.29 is 14.3 Å². The highest BCUT2D eigenvalue weighted by molar-refractivity contribution is 5.85. The van der Waals surface area contributed by atoms with Gasteiger partial charge in [-0.05, 0) is 26.8 Å². The molecule has 1 aromatic rings. The van der Waals surface area contributed by atoms with Gasteiger partial charge in [0.25, 0.3) is 5.91 Å². The molecule has 0 saturated carbocycles. The zero-order chi connectivity index (χ0) is 15.9. The van der Waals surface area contributed by atoms with Crippen LogP contribution in [-0.2, 0) is 16.1 Å². The lowest BCUT2D eigenvalue weighted by Gasteiger charge is -2.20. The molecule has 116 valence electrons. The quantitative estimate of drug-likeness (QED) is 0.714. The zero-order valence-electron chi connectivity index (χ0n) is 12.7. The number of rotatable bonds is 6. The summed E-state index contributed by atoms with van der Waals surface area (Å²) < 4.78 is 5.40. The van der Waals surface area contributed by atoms with E-state index < -0.39 is 0 Å². The van der Waals surface area contributed by atoms with Crippen LogP contribution in [0.2, 0.25) is 0 Å². The predicted molar refractivity (Wildman–Crippen MR) is 80.7 cm³/mol. The summed E-state index contributed by atoms with van der Waals surface area (Å²) in [5, 5.41) is 5.26. The van der Waals surface area contributed by atoms with Crippen molar-refractivity contribution >= 4 is 11.8 Å². The molecular weight excluding hydrogens is 270 g/mol. The van der Waals surface area contributed by atoms with Gasteiger partial charge in [0.15, 0.2) is 6.61 Å². The van der Waals surface area contributed by atoms with Gasteiger partial charge < -0.3 is 21.1 Å². The monoisotopic (exact) mass is 293 g/mol. The first-order valence-corrected chi connectivity index (χ1v) is 6.80. The van der Waals surface area contributed by atoms with Gasteiger partial charge in [-0.2, -0.15) is 0 Å². The first-order valence-electron chi connectivity index (χ1n) is 6.80. The van der Waals surface area contributed by atoms with Crippen molar-refractivity contribution in [2.45, 2.75) is 32.9 Å². The molecule has 0 aromatic heterocycles. The minimum absolute atomic E-state index is 0.0714. The molecule has 0 atom stereocenters. The molecule has 0 saturated heterocycles. The van der Waals surface area contributed by atoms with E-state index >= 15 is 0 Å². The van der Waals surface area contributed by atoms with Crippen LogP contribution < -0.4 is 21.1 Å². The molecule has 4 N–H and O–H groups in total. The third-order valence-corrected chi connectivity index (χ3v) is 2.51. The molecule has 0 heterocycles. The third kappa shape index (κ3) is 6.76. The summed E-state index contributed by atoms with van der Waals surface area (Å²) in [5.74, 6) is -0.0154. The Balaban J connectivity index is 2.36. The second kappa shape index (κ2) is 7.64. The number of nitrogens with one attached hydrogen (secondary N) is 2. The van der Waals surface area contributed by atoms with E-state index in [1.165, 1.54) is 0 Å². The van der Waals surface area contributed by atoms with Gasteiger partial charge in [0.2, 0.25) is 5.91 Å². The molecule has 2 amide bonds. The maximum Gasteiger partial charge on any atom is 0.258 e. The highest BCUT2D eigenvalue weighted by Gasteiger charge is 2.14. The van der Waals surface area contributed by atoms with Gasteiger partial charge in [0.1, 0.15) is 5.75 Å². The Kier molecular flexibility index (Phi) is 6.17. The van der Waals surface area contributed by atoms with Gasteiger partial charge in [-0.3, -0.25) is 9.59 Å². The Bertz CT molecular complexity index is 495.